The van der Waals surface area contributed by atoms with Crippen LogP contribution in [-0.2, 0) is 0 Å². The van der Waals surface area contributed by atoms with Gasteiger partial charge in [0, 0.05) is 21.7 Å². The molecule has 0 radical (unpaired) electrons. The van der Waals surface area contributed by atoms with Crippen LogP contribution >= 0.6 is 0 Å². The highest BCUT2D eigenvalue weighted by atomic mass is 16.1. The van der Waals surface area contributed by atoms with E-state index in [1.807, 2.05) is 18.2 Å². The van der Waals surface area contributed by atoms with Gasteiger partial charge in [0.15, 0.2) is 5.43 Å². The van der Waals surface area contributed by atoms with Crippen molar-refractivity contribution in [3.8, 4) is 0 Å². The predicted molar refractivity (Wildman–Crippen MR) is 95.4 cm³/mol. The van der Waals surface area contributed by atoms with Crippen molar-refractivity contribution in [1.82, 2.24) is 9.97 Å². The molecule has 2 aromatic heterocycles. The van der Waals surface area contributed by atoms with E-state index in [0.29, 0.717) is 38.1 Å². The number of benzene rings is 2. The number of fused-ring (bicyclic) bond motifs is 4. The maximum absolute atomic E-state index is 12.8. The summed E-state index contributed by atoms with van der Waals surface area (Å²) in [6, 6.07) is 20.0. The Labute approximate surface area is 135 Å². The number of para-hydroxylation sites is 1. The quantitative estimate of drug-likeness (QED) is 0.431. The molecule has 0 bridgehead atoms. The van der Waals surface area contributed by atoms with Gasteiger partial charge in [0.05, 0.1) is 21.9 Å². The molecule has 2 heterocycles. The van der Waals surface area contributed by atoms with E-state index in [4.69, 9.17) is 0 Å². The molecule has 0 atom stereocenters. The lowest BCUT2D eigenvalue weighted by Gasteiger charge is -2.06. The zero-order chi connectivity index (χ0) is 16.3. The van der Waals surface area contributed by atoms with Crippen molar-refractivity contribution < 1.29 is 0 Å². The van der Waals surface area contributed by atoms with Crippen molar-refractivity contribution >= 4 is 43.6 Å². The number of rotatable bonds is 0. The van der Waals surface area contributed by atoms with Crippen molar-refractivity contribution in [1.29, 1.82) is 0 Å². The van der Waals surface area contributed by atoms with E-state index >= 15 is 0 Å². The van der Waals surface area contributed by atoms with Gasteiger partial charge in [-0.3, -0.25) is 9.59 Å². The molecule has 0 fully saturated rings. The van der Waals surface area contributed by atoms with Crippen LogP contribution in [0.5, 0.6) is 0 Å². The highest BCUT2D eigenvalue weighted by Gasteiger charge is 2.10. The van der Waals surface area contributed by atoms with Crippen LogP contribution in [0.3, 0.4) is 0 Å². The minimum atomic E-state index is -0.119. The molecule has 0 aliphatic carbocycles. The van der Waals surface area contributed by atoms with E-state index in [1.165, 1.54) is 0 Å². The topological polar surface area (TPSA) is 65.7 Å². The van der Waals surface area contributed by atoms with Gasteiger partial charge in [0.25, 0.3) is 0 Å². The summed E-state index contributed by atoms with van der Waals surface area (Å²) in [6.45, 7) is 0. The highest BCUT2D eigenvalue weighted by molar-refractivity contribution is 6.02. The van der Waals surface area contributed by atoms with Crippen LogP contribution in [0.2, 0.25) is 0 Å². The summed E-state index contributed by atoms with van der Waals surface area (Å²) < 4.78 is 0. The number of aromatic nitrogens is 2. The molecule has 112 valence electrons. The number of nitrogens with one attached hydrogen (secondary N) is 2. The predicted octanol–water partition coefficient (Wildman–Crippen LogP) is 3.28. The van der Waals surface area contributed by atoms with Crippen LogP contribution in [0.4, 0.5) is 0 Å². The molecule has 0 aliphatic heterocycles. The molecule has 0 aliphatic rings. The Morgan fingerprint density at radius 3 is 2.25 bits per heavy atom. The van der Waals surface area contributed by atoms with Crippen molar-refractivity contribution in [3.63, 3.8) is 0 Å². The molecule has 2 N–H and O–H groups in total. The van der Waals surface area contributed by atoms with E-state index in [0.717, 1.165) is 5.52 Å². The molecular weight excluding hydrogens is 300 g/mol. The average Bonchev–Trinajstić information content (AvgIpc) is 2.62. The fourth-order valence-corrected chi connectivity index (χ4v) is 3.22. The van der Waals surface area contributed by atoms with Crippen molar-refractivity contribution in [2.45, 2.75) is 0 Å². The van der Waals surface area contributed by atoms with E-state index in [1.54, 1.807) is 30.3 Å². The second-order valence-corrected chi connectivity index (χ2v) is 5.79. The van der Waals surface area contributed by atoms with Crippen LogP contribution in [-0.4, -0.2) is 9.97 Å². The number of hydrogen-bond donors (Lipinski definition) is 2. The Kier molecular flexibility index (Phi) is 2.40. The highest BCUT2D eigenvalue weighted by Crippen LogP contribution is 2.20. The zero-order valence-electron chi connectivity index (χ0n) is 12.4. The molecule has 24 heavy (non-hydrogen) atoms. The molecule has 0 unspecified atom stereocenters. The summed E-state index contributed by atoms with van der Waals surface area (Å²) in [5.74, 6) is 0. The first-order chi connectivity index (χ1) is 11.7. The third-order valence-electron chi connectivity index (χ3n) is 4.38. The molecule has 0 saturated carbocycles. The summed E-state index contributed by atoms with van der Waals surface area (Å²) in [5.41, 5.74) is 2.56. The monoisotopic (exact) mass is 310 g/mol. The zero-order valence-corrected chi connectivity index (χ0v) is 12.4. The van der Waals surface area contributed by atoms with Gasteiger partial charge in [-0.2, -0.15) is 0 Å². The standard InChI is InChI=1S/C20H10N2O2/c23-19-11-5-1-3-7-15(11)21-17-10-14-18(9-13(17)19)22-16-8-4-2-6-12(16)20(14)24/h1,3-5,7-10H,(H,21,23)(H,22,24). The Bertz CT molecular complexity index is 1280. The Balaban J connectivity index is 2.05. The Hall–Kier alpha value is -3.58. The van der Waals surface area contributed by atoms with Crippen LogP contribution in [0, 0.1) is 12.1 Å². The SMILES string of the molecule is O=c1c2c#cccc2[nH]c2cc3c(=O)c4ccccc4[nH]c3cc12. The molecule has 0 saturated heterocycles. The van der Waals surface area contributed by atoms with Crippen LogP contribution < -0.4 is 10.9 Å². The second-order valence-electron chi connectivity index (χ2n) is 5.79. The summed E-state index contributed by atoms with van der Waals surface area (Å²) in [4.78, 5) is 31.9. The van der Waals surface area contributed by atoms with Crippen LogP contribution in [0.1, 0.15) is 0 Å². The summed E-state index contributed by atoms with van der Waals surface area (Å²) in [5, 5.41) is 2.18. The van der Waals surface area contributed by atoms with Gasteiger partial charge in [-0.1, -0.05) is 24.3 Å². The Morgan fingerprint density at radius 2 is 1.42 bits per heavy atom. The lowest BCUT2D eigenvalue weighted by Crippen LogP contribution is -2.07. The molecule has 3 aromatic carbocycles. The van der Waals surface area contributed by atoms with Crippen molar-refractivity contribution in [2.24, 2.45) is 0 Å². The van der Waals surface area contributed by atoms with E-state index in [2.05, 4.69) is 22.1 Å². The minimum Gasteiger partial charge on any atom is -0.354 e. The number of pyridine rings is 2. The maximum Gasteiger partial charge on any atom is 0.205 e. The fraction of sp³-hybridized carbons (Fsp3) is 0. The third kappa shape index (κ3) is 1.64. The molecule has 4 nitrogen and oxygen atoms in total. The number of hydrogen-bond acceptors (Lipinski definition) is 2. The van der Waals surface area contributed by atoms with E-state index < -0.39 is 0 Å². The molecule has 0 amide bonds. The third-order valence-corrected chi connectivity index (χ3v) is 4.38. The van der Waals surface area contributed by atoms with Crippen LogP contribution in [0.25, 0.3) is 43.6 Å². The van der Waals surface area contributed by atoms with Gasteiger partial charge in [0.1, 0.15) is 0 Å². The molecule has 5 rings (SSSR count). The summed E-state index contributed by atoms with van der Waals surface area (Å²) in [7, 11) is 0. The lowest BCUT2D eigenvalue weighted by molar-refractivity contribution is 1.46. The molecular formula is C20H10N2O2. The van der Waals surface area contributed by atoms with Gasteiger partial charge in [-0.15, -0.1) is 0 Å². The lowest BCUT2D eigenvalue weighted by atomic mass is 10.1. The van der Waals surface area contributed by atoms with Crippen molar-refractivity contribution in [2.75, 3.05) is 0 Å². The smallest absolute Gasteiger partial charge is 0.205 e. The second kappa shape index (κ2) is 4.46. The summed E-state index contributed by atoms with van der Waals surface area (Å²) in [6.07, 6.45) is 0. The van der Waals surface area contributed by atoms with Gasteiger partial charge >= 0.3 is 0 Å². The first-order valence-electron chi connectivity index (χ1n) is 7.55. The normalized spacial score (nSPS) is 11.3. The molecule has 0 spiro atoms. The first-order valence-corrected chi connectivity index (χ1v) is 7.55. The largest absolute Gasteiger partial charge is 0.354 e. The van der Waals surface area contributed by atoms with E-state index in [-0.39, 0.29) is 10.9 Å². The number of H-pyrrole nitrogens is 2. The average molecular weight is 310 g/mol. The van der Waals surface area contributed by atoms with Gasteiger partial charge in [0.2, 0.25) is 5.43 Å². The van der Waals surface area contributed by atoms with E-state index in [9.17, 15) is 9.59 Å². The van der Waals surface area contributed by atoms with Gasteiger partial charge in [-0.05, 0) is 36.4 Å². The first kappa shape index (κ1) is 12.9. The van der Waals surface area contributed by atoms with Crippen molar-refractivity contribution in [3.05, 3.63) is 81.1 Å². The van der Waals surface area contributed by atoms with Crippen LogP contribution in [0.15, 0.2) is 58.1 Å². The van der Waals surface area contributed by atoms with Gasteiger partial charge < -0.3 is 9.97 Å². The Morgan fingerprint density at radius 1 is 0.708 bits per heavy atom. The number of aromatic amines is 2. The molecule has 5 aromatic rings. The fourth-order valence-electron chi connectivity index (χ4n) is 3.22. The summed E-state index contributed by atoms with van der Waals surface area (Å²) >= 11 is 0. The molecule has 4 heteroatoms. The van der Waals surface area contributed by atoms with Gasteiger partial charge in [-0.25, -0.2) is 0 Å². The maximum atomic E-state index is 12.8. The minimum absolute atomic E-state index is 0.0462.